The van der Waals surface area contributed by atoms with Crippen molar-refractivity contribution in [3.8, 4) is 5.75 Å². The van der Waals surface area contributed by atoms with E-state index in [0.717, 1.165) is 0 Å². The van der Waals surface area contributed by atoms with Crippen LogP contribution in [0.15, 0.2) is 78.9 Å². The monoisotopic (exact) mass is 440 g/mol. The lowest BCUT2D eigenvalue weighted by atomic mass is 10.2. The van der Waals surface area contributed by atoms with Crippen LogP contribution in [0, 0.1) is 10.1 Å². The van der Waals surface area contributed by atoms with Crippen LogP contribution in [-0.2, 0) is 20.5 Å². The Morgan fingerprint density at radius 2 is 1.65 bits per heavy atom. The molecule has 1 aliphatic heterocycles. The van der Waals surface area contributed by atoms with Crippen molar-refractivity contribution >= 4 is 27.1 Å². The van der Waals surface area contributed by atoms with Gasteiger partial charge in [-0.3, -0.25) is 10.1 Å². The summed E-state index contributed by atoms with van der Waals surface area (Å²) >= 11 is 0. The van der Waals surface area contributed by atoms with E-state index in [9.17, 15) is 18.5 Å². The van der Waals surface area contributed by atoms with Gasteiger partial charge in [-0.25, -0.2) is 12.7 Å². The van der Waals surface area contributed by atoms with Crippen LogP contribution < -0.4 is 9.04 Å². The number of nitrogens with zero attached hydrogens (tertiary/aromatic N) is 2. The van der Waals surface area contributed by atoms with Gasteiger partial charge in [0.05, 0.1) is 28.7 Å². The third kappa shape index (κ3) is 5.01. The summed E-state index contributed by atoms with van der Waals surface area (Å²) in [6.45, 7) is 0.696. The summed E-state index contributed by atoms with van der Waals surface area (Å²) in [5.41, 5.74) is 1.06. The highest BCUT2D eigenvalue weighted by Gasteiger charge is 2.29. The predicted octanol–water partition coefficient (Wildman–Crippen LogP) is 4.04. The number of ether oxygens (including phenoxy) is 2. The number of rotatable bonds is 9. The van der Waals surface area contributed by atoms with Crippen molar-refractivity contribution in [1.29, 1.82) is 0 Å². The molecule has 0 aliphatic carbocycles. The predicted molar refractivity (Wildman–Crippen MR) is 116 cm³/mol. The second-order valence-corrected chi connectivity index (χ2v) is 8.83. The smallest absolute Gasteiger partial charge is 0.311 e. The van der Waals surface area contributed by atoms with Crippen LogP contribution in [0.3, 0.4) is 0 Å². The van der Waals surface area contributed by atoms with Crippen molar-refractivity contribution in [1.82, 2.24) is 0 Å². The van der Waals surface area contributed by atoms with Crippen molar-refractivity contribution < 1.29 is 22.8 Å². The molecule has 1 aliphatic rings. The molecule has 1 unspecified atom stereocenters. The van der Waals surface area contributed by atoms with Crippen LogP contribution >= 0.6 is 0 Å². The number of hydrogen-bond acceptors (Lipinski definition) is 6. The number of epoxide rings is 1. The highest BCUT2D eigenvalue weighted by molar-refractivity contribution is 7.92. The average Bonchev–Trinajstić information content (AvgIpc) is 3.58. The highest BCUT2D eigenvalue weighted by atomic mass is 32.2. The van der Waals surface area contributed by atoms with Crippen LogP contribution in [0.2, 0.25) is 0 Å². The van der Waals surface area contributed by atoms with E-state index in [1.807, 2.05) is 6.07 Å². The molecule has 4 rings (SSSR count). The first-order valence-electron chi connectivity index (χ1n) is 9.59. The Kier molecular flexibility index (Phi) is 5.88. The Bertz CT molecular complexity index is 1170. The minimum absolute atomic E-state index is 0.00570. The minimum Gasteiger partial charge on any atom is -0.484 e. The molecule has 0 radical (unpaired) electrons. The summed E-state index contributed by atoms with van der Waals surface area (Å²) < 4.78 is 38.8. The molecule has 8 nitrogen and oxygen atoms in total. The molecule has 31 heavy (non-hydrogen) atoms. The summed E-state index contributed by atoms with van der Waals surface area (Å²) in [7, 11) is -3.87. The standard InChI is InChI=1S/C22H20N2O6S/c25-24(26)21-12-11-19(13-22(21)30-15-20-14-29-20)23(18-9-5-2-6-10-18)31(27,28)16-17-7-3-1-4-8-17/h1-13,20H,14-16H2. The summed E-state index contributed by atoms with van der Waals surface area (Å²) in [4.78, 5) is 10.9. The molecule has 9 heteroatoms. The van der Waals surface area contributed by atoms with Crippen LogP contribution in [0.25, 0.3) is 0 Å². The molecule has 0 aromatic heterocycles. The fraction of sp³-hybridized carbons (Fsp3) is 0.182. The second-order valence-electron chi connectivity index (χ2n) is 7.02. The lowest BCUT2D eigenvalue weighted by molar-refractivity contribution is -0.385. The van der Waals surface area contributed by atoms with Crippen LogP contribution in [-0.4, -0.2) is 32.7 Å². The lowest BCUT2D eigenvalue weighted by Crippen LogP contribution is -2.27. The van der Waals surface area contributed by atoms with Gasteiger partial charge in [0.2, 0.25) is 10.0 Å². The molecular weight excluding hydrogens is 420 g/mol. The normalized spacial score (nSPS) is 15.3. The van der Waals surface area contributed by atoms with Crippen molar-refractivity contribution in [3.63, 3.8) is 0 Å². The van der Waals surface area contributed by atoms with Gasteiger partial charge in [-0.05, 0) is 23.8 Å². The summed E-state index contributed by atoms with van der Waals surface area (Å²) in [6.07, 6.45) is -0.102. The van der Waals surface area contributed by atoms with Gasteiger partial charge in [0.1, 0.15) is 12.7 Å². The number of nitro benzene ring substituents is 1. The topological polar surface area (TPSA) is 102 Å². The lowest BCUT2D eigenvalue weighted by Gasteiger charge is -2.25. The van der Waals surface area contributed by atoms with Gasteiger partial charge in [-0.1, -0.05) is 48.5 Å². The molecule has 0 bridgehead atoms. The first-order valence-corrected chi connectivity index (χ1v) is 11.2. The van der Waals surface area contributed by atoms with Crippen molar-refractivity contribution in [2.24, 2.45) is 0 Å². The average molecular weight is 440 g/mol. The minimum atomic E-state index is -3.87. The van der Waals surface area contributed by atoms with Gasteiger partial charge >= 0.3 is 5.69 Å². The highest BCUT2D eigenvalue weighted by Crippen LogP contribution is 2.37. The van der Waals surface area contributed by atoms with Gasteiger partial charge in [0.25, 0.3) is 0 Å². The molecule has 0 N–H and O–H groups in total. The number of sulfonamides is 1. The summed E-state index contributed by atoms with van der Waals surface area (Å²) in [5, 5.41) is 11.4. The Hall–Kier alpha value is -3.43. The van der Waals surface area contributed by atoms with E-state index < -0.39 is 14.9 Å². The van der Waals surface area contributed by atoms with E-state index in [1.165, 1.54) is 22.5 Å². The molecule has 1 saturated heterocycles. The van der Waals surface area contributed by atoms with Crippen LogP contribution in [0.5, 0.6) is 5.75 Å². The zero-order chi connectivity index (χ0) is 21.8. The quantitative estimate of drug-likeness (QED) is 0.283. The fourth-order valence-electron chi connectivity index (χ4n) is 3.13. The summed E-state index contributed by atoms with van der Waals surface area (Å²) in [6, 6.07) is 21.5. The Morgan fingerprint density at radius 1 is 1.00 bits per heavy atom. The maximum atomic E-state index is 13.4. The molecule has 160 valence electrons. The van der Waals surface area contributed by atoms with Crippen LogP contribution in [0.1, 0.15) is 5.56 Å². The van der Waals surface area contributed by atoms with Crippen molar-refractivity contribution in [2.45, 2.75) is 11.9 Å². The zero-order valence-electron chi connectivity index (χ0n) is 16.5. The Balaban J connectivity index is 1.76. The Labute approximate surface area is 179 Å². The third-order valence-electron chi connectivity index (χ3n) is 4.66. The second kappa shape index (κ2) is 8.75. The van der Waals surface area contributed by atoms with E-state index in [-0.39, 0.29) is 35.6 Å². The number of nitro groups is 1. The maximum absolute atomic E-state index is 13.4. The van der Waals surface area contributed by atoms with E-state index >= 15 is 0 Å². The van der Waals surface area contributed by atoms with Gasteiger partial charge < -0.3 is 9.47 Å². The fourth-order valence-corrected chi connectivity index (χ4v) is 4.75. The van der Waals surface area contributed by atoms with Gasteiger partial charge in [0, 0.05) is 12.1 Å². The van der Waals surface area contributed by atoms with Gasteiger partial charge in [0.15, 0.2) is 5.75 Å². The summed E-state index contributed by atoms with van der Waals surface area (Å²) in [5.74, 6) is -0.236. The zero-order valence-corrected chi connectivity index (χ0v) is 17.3. The number of para-hydroxylation sites is 1. The molecule has 0 amide bonds. The van der Waals surface area contributed by atoms with E-state index in [2.05, 4.69) is 0 Å². The first-order chi connectivity index (χ1) is 14.9. The molecular formula is C22H20N2O6S. The SMILES string of the molecule is O=[N+]([O-])c1ccc(N(c2ccccc2)S(=O)(=O)Cc2ccccc2)cc1OCC1CO1. The molecule has 0 spiro atoms. The van der Waals surface area contributed by atoms with E-state index in [0.29, 0.717) is 17.9 Å². The molecule has 0 saturated carbocycles. The number of anilines is 2. The van der Waals surface area contributed by atoms with Gasteiger partial charge in [-0.15, -0.1) is 0 Å². The molecule has 1 heterocycles. The number of hydrogen-bond donors (Lipinski definition) is 0. The van der Waals surface area contributed by atoms with Crippen molar-refractivity contribution in [3.05, 3.63) is 94.5 Å². The van der Waals surface area contributed by atoms with Crippen molar-refractivity contribution in [2.75, 3.05) is 17.5 Å². The molecule has 1 fully saturated rings. The molecule has 1 atom stereocenters. The van der Waals surface area contributed by atoms with Gasteiger partial charge in [-0.2, -0.15) is 0 Å². The molecule has 3 aromatic rings. The van der Waals surface area contributed by atoms with E-state index in [4.69, 9.17) is 9.47 Å². The molecule has 3 aromatic carbocycles. The van der Waals surface area contributed by atoms with Crippen LogP contribution in [0.4, 0.5) is 17.1 Å². The number of benzene rings is 3. The maximum Gasteiger partial charge on any atom is 0.311 e. The Morgan fingerprint density at radius 3 is 2.26 bits per heavy atom. The van der Waals surface area contributed by atoms with E-state index in [1.54, 1.807) is 54.6 Å². The first kappa shape index (κ1) is 20.8. The largest absolute Gasteiger partial charge is 0.484 e. The third-order valence-corrected chi connectivity index (χ3v) is 6.34.